The molecule has 0 saturated carbocycles. The second-order valence-corrected chi connectivity index (χ2v) is 6.48. The van der Waals surface area contributed by atoms with Crippen molar-refractivity contribution in [3.05, 3.63) is 63.6 Å². The minimum atomic E-state index is -0.435. The number of nitrogens with one attached hydrogen (secondary N) is 2. The molecular formula is C19H21BrN2O3. The van der Waals surface area contributed by atoms with E-state index in [-0.39, 0.29) is 5.91 Å². The lowest BCUT2D eigenvalue weighted by Crippen LogP contribution is -2.42. The zero-order valence-electron chi connectivity index (χ0n) is 14.3. The number of carbonyl (C=O) groups is 2. The molecule has 2 N–H and O–H groups in total. The molecule has 2 amide bonds. The van der Waals surface area contributed by atoms with Gasteiger partial charge < -0.3 is 4.74 Å². The molecule has 0 aliphatic carbocycles. The third-order valence-corrected chi connectivity index (χ3v) is 4.11. The van der Waals surface area contributed by atoms with Crippen molar-refractivity contribution in [3.8, 4) is 5.75 Å². The number of carbonyl (C=O) groups excluding carboxylic acids is 2. The van der Waals surface area contributed by atoms with Crippen molar-refractivity contribution < 1.29 is 14.3 Å². The molecule has 2 aromatic carbocycles. The Bertz CT molecular complexity index is 762. The highest BCUT2D eigenvalue weighted by atomic mass is 79.9. The van der Waals surface area contributed by atoms with Crippen LogP contribution in [0, 0.1) is 6.92 Å². The maximum absolute atomic E-state index is 12.4. The van der Waals surface area contributed by atoms with Gasteiger partial charge in [-0.15, -0.1) is 0 Å². The molecular weight excluding hydrogens is 384 g/mol. The summed E-state index contributed by atoms with van der Waals surface area (Å²) in [5, 5.41) is 0. The van der Waals surface area contributed by atoms with Gasteiger partial charge in [-0.2, -0.15) is 0 Å². The van der Waals surface area contributed by atoms with Crippen LogP contribution in [0.1, 0.15) is 46.0 Å². The topological polar surface area (TPSA) is 67.4 Å². The van der Waals surface area contributed by atoms with E-state index in [1.54, 1.807) is 24.3 Å². The number of aryl methyl sites for hydroxylation is 1. The maximum Gasteiger partial charge on any atom is 0.273 e. The Labute approximate surface area is 155 Å². The number of amides is 2. The molecule has 2 rings (SSSR count). The van der Waals surface area contributed by atoms with Gasteiger partial charge in [-0.05, 0) is 43.2 Å². The number of hydrogen-bond acceptors (Lipinski definition) is 3. The van der Waals surface area contributed by atoms with Gasteiger partial charge in [0.2, 0.25) is 0 Å². The summed E-state index contributed by atoms with van der Waals surface area (Å²) in [6, 6.07) is 12.4. The summed E-state index contributed by atoms with van der Waals surface area (Å²) in [5.74, 6) is -0.316. The zero-order chi connectivity index (χ0) is 18.2. The van der Waals surface area contributed by atoms with Crippen molar-refractivity contribution in [2.75, 3.05) is 6.61 Å². The third kappa shape index (κ3) is 5.32. The van der Waals surface area contributed by atoms with Gasteiger partial charge in [-0.3, -0.25) is 20.4 Å². The average molecular weight is 405 g/mol. The first-order chi connectivity index (χ1) is 12.0. The van der Waals surface area contributed by atoms with Crippen molar-refractivity contribution in [1.29, 1.82) is 0 Å². The van der Waals surface area contributed by atoms with Gasteiger partial charge in [0.25, 0.3) is 11.8 Å². The van der Waals surface area contributed by atoms with Crippen LogP contribution in [0.25, 0.3) is 0 Å². The molecule has 0 saturated heterocycles. The molecule has 0 radical (unpaired) electrons. The van der Waals surface area contributed by atoms with Crippen LogP contribution in [0.15, 0.2) is 46.9 Å². The van der Waals surface area contributed by atoms with Crippen LogP contribution in [0.5, 0.6) is 5.75 Å². The number of unbranched alkanes of at least 4 members (excludes halogenated alkanes) is 1. The Morgan fingerprint density at radius 1 is 1.04 bits per heavy atom. The molecule has 6 heteroatoms. The largest absolute Gasteiger partial charge is 0.493 e. The highest BCUT2D eigenvalue weighted by molar-refractivity contribution is 9.10. The average Bonchev–Trinajstić information content (AvgIpc) is 2.61. The fourth-order valence-corrected chi connectivity index (χ4v) is 2.57. The summed E-state index contributed by atoms with van der Waals surface area (Å²) >= 11 is 3.35. The Balaban J connectivity index is 2.06. The first-order valence-corrected chi connectivity index (χ1v) is 8.91. The predicted octanol–water partition coefficient (Wildman–Crippen LogP) is 4.01. The molecule has 0 aromatic heterocycles. The summed E-state index contributed by atoms with van der Waals surface area (Å²) in [5.41, 5.74) is 6.59. The molecule has 132 valence electrons. The van der Waals surface area contributed by atoms with E-state index < -0.39 is 5.91 Å². The van der Waals surface area contributed by atoms with Gasteiger partial charge >= 0.3 is 0 Å². The molecule has 5 nitrogen and oxygen atoms in total. The minimum absolute atomic E-state index is 0.357. The van der Waals surface area contributed by atoms with Crippen LogP contribution in [0.3, 0.4) is 0 Å². The molecule has 0 fully saturated rings. The van der Waals surface area contributed by atoms with E-state index in [1.165, 1.54) is 0 Å². The highest BCUT2D eigenvalue weighted by Gasteiger charge is 2.15. The van der Waals surface area contributed by atoms with E-state index in [2.05, 4.69) is 33.7 Å². The van der Waals surface area contributed by atoms with Crippen LogP contribution >= 0.6 is 15.9 Å². The Morgan fingerprint density at radius 2 is 1.72 bits per heavy atom. The number of hydrogen-bond donors (Lipinski definition) is 2. The molecule has 2 aromatic rings. The summed E-state index contributed by atoms with van der Waals surface area (Å²) in [4.78, 5) is 24.6. The zero-order valence-corrected chi connectivity index (χ0v) is 15.9. The molecule has 0 bridgehead atoms. The van der Waals surface area contributed by atoms with Crippen molar-refractivity contribution in [2.45, 2.75) is 26.7 Å². The predicted molar refractivity (Wildman–Crippen MR) is 101 cm³/mol. The minimum Gasteiger partial charge on any atom is -0.493 e. The first kappa shape index (κ1) is 19.0. The molecule has 0 spiro atoms. The molecule has 0 atom stereocenters. The lowest BCUT2D eigenvalue weighted by Gasteiger charge is -2.13. The normalized spacial score (nSPS) is 10.2. The fraction of sp³-hybridized carbons (Fsp3) is 0.263. The molecule has 0 aliphatic rings. The monoisotopic (exact) mass is 404 g/mol. The number of benzene rings is 2. The molecule has 0 heterocycles. The van der Waals surface area contributed by atoms with E-state index in [4.69, 9.17) is 4.74 Å². The van der Waals surface area contributed by atoms with Crippen molar-refractivity contribution in [2.24, 2.45) is 0 Å². The maximum atomic E-state index is 12.4. The van der Waals surface area contributed by atoms with E-state index in [9.17, 15) is 9.59 Å². The van der Waals surface area contributed by atoms with Gasteiger partial charge in [-0.1, -0.05) is 47.5 Å². The first-order valence-electron chi connectivity index (χ1n) is 8.11. The number of ether oxygens (including phenoxy) is 1. The van der Waals surface area contributed by atoms with E-state index >= 15 is 0 Å². The van der Waals surface area contributed by atoms with Crippen LogP contribution in [-0.2, 0) is 0 Å². The standard InChI is InChI=1S/C19H21BrN2O3/c1-3-4-11-25-17-10-9-14(20)12-16(17)19(24)22-21-18(23)15-8-6-5-7-13(15)2/h5-10,12H,3-4,11H2,1-2H3,(H,21,23)(H,22,24). The van der Waals surface area contributed by atoms with Crippen LogP contribution in [0.2, 0.25) is 0 Å². The second kappa shape index (κ2) is 9.22. The molecule has 25 heavy (non-hydrogen) atoms. The van der Waals surface area contributed by atoms with E-state index in [0.717, 1.165) is 22.9 Å². The Hall–Kier alpha value is -2.34. The SMILES string of the molecule is CCCCOc1ccc(Br)cc1C(=O)NNC(=O)c1ccccc1C. The summed E-state index contributed by atoms with van der Waals surface area (Å²) in [6.45, 7) is 4.44. The van der Waals surface area contributed by atoms with Crippen molar-refractivity contribution in [3.63, 3.8) is 0 Å². The lowest BCUT2D eigenvalue weighted by molar-refractivity contribution is 0.0844. The van der Waals surface area contributed by atoms with Gasteiger partial charge in [0, 0.05) is 10.0 Å². The highest BCUT2D eigenvalue weighted by Crippen LogP contribution is 2.23. The second-order valence-electron chi connectivity index (χ2n) is 5.57. The number of hydrazine groups is 1. The summed E-state index contributed by atoms with van der Waals surface area (Å²) in [7, 11) is 0. The quantitative estimate of drug-likeness (QED) is 0.564. The summed E-state index contributed by atoms with van der Waals surface area (Å²) < 4.78 is 6.43. The Morgan fingerprint density at radius 3 is 2.40 bits per heavy atom. The van der Waals surface area contributed by atoms with Gasteiger partial charge in [0.1, 0.15) is 5.75 Å². The number of halogens is 1. The Kier molecular flexibility index (Phi) is 7.01. The van der Waals surface area contributed by atoms with Gasteiger partial charge in [0.15, 0.2) is 0 Å². The van der Waals surface area contributed by atoms with Crippen LogP contribution < -0.4 is 15.6 Å². The van der Waals surface area contributed by atoms with Gasteiger partial charge in [-0.25, -0.2) is 0 Å². The van der Waals surface area contributed by atoms with Crippen molar-refractivity contribution in [1.82, 2.24) is 10.9 Å². The molecule has 0 aliphatic heterocycles. The van der Waals surface area contributed by atoms with E-state index in [0.29, 0.717) is 23.5 Å². The van der Waals surface area contributed by atoms with Crippen molar-refractivity contribution >= 4 is 27.7 Å². The van der Waals surface area contributed by atoms with Gasteiger partial charge in [0.05, 0.1) is 12.2 Å². The lowest BCUT2D eigenvalue weighted by atomic mass is 10.1. The third-order valence-electron chi connectivity index (χ3n) is 3.62. The molecule has 0 unspecified atom stereocenters. The van der Waals surface area contributed by atoms with Crippen LogP contribution in [-0.4, -0.2) is 18.4 Å². The summed E-state index contributed by atoms with van der Waals surface area (Å²) in [6.07, 6.45) is 1.91. The van der Waals surface area contributed by atoms with E-state index in [1.807, 2.05) is 25.1 Å². The fourth-order valence-electron chi connectivity index (χ4n) is 2.21. The smallest absolute Gasteiger partial charge is 0.273 e. The van der Waals surface area contributed by atoms with Crippen LogP contribution in [0.4, 0.5) is 0 Å². The number of rotatable bonds is 6.